The second-order valence-electron chi connectivity index (χ2n) is 4.83. The van der Waals surface area contributed by atoms with Gasteiger partial charge in [0.25, 0.3) is 0 Å². The number of rotatable bonds is 4. The normalized spacial score (nSPS) is 19.2. The van der Waals surface area contributed by atoms with Crippen molar-refractivity contribution in [3.05, 3.63) is 35.4 Å². The van der Waals surface area contributed by atoms with Crippen molar-refractivity contribution < 1.29 is 16.8 Å². The number of hydrogen-bond donors (Lipinski definition) is 1. The third kappa shape index (κ3) is 4.00. The van der Waals surface area contributed by atoms with Crippen LogP contribution in [0.3, 0.4) is 0 Å². The Balaban J connectivity index is 2.21. The van der Waals surface area contributed by atoms with Gasteiger partial charge in [0.05, 0.1) is 17.3 Å². The fourth-order valence-corrected chi connectivity index (χ4v) is 5.35. The van der Waals surface area contributed by atoms with Gasteiger partial charge in [-0.1, -0.05) is 36.5 Å². The molecule has 0 radical (unpaired) electrons. The molecule has 0 unspecified atom stereocenters. The summed E-state index contributed by atoms with van der Waals surface area (Å²) in [5.41, 5.74) is 6.65. The van der Waals surface area contributed by atoms with E-state index in [9.17, 15) is 16.8 Å². The zero-order valence-electron chi connectivity index (χ0n) is 11.2. The van der Waals surface area contributed by atoms with E-state index in [0.717, 1.165) is 0 Å². The van der Waals surface area contributed by atoms with Gasteiger partial charge in [0.15, 0.2) is 9.84 Å². The zero-order valence-corrected chi connectivity index (χ0v) is 13.7. The number of sulfonamides is 1. The molecule has 1 heterocycles. The summed E-state index contributed by atoms with van der Waals surface area (Å²) in [6.45, 7) is -0.000188. The van der Waals surface area contributed by atoms with Gasteiger partial charge in [-0.25, -0.2) is 16.8 Å². The van der Waals surface area contributed by atoms with Gasteiger partial charge in [-0.15, -0.1) is 0 Å². The van der Waals surface area contributed by atoms with E-state index in [1.807, 2.05) is 0 Å². The minimum Gasteiger partial charge on any atom is -0.389 e. The lowest BCUT2D eigenvalue weighted by atomic mass is 10.1. The van der Waals surface area contributed by atoms with Crippen LogP contribution in [0, 0.1) is 0 Å². The van der Waals surface area contributed by atoms with Crippen LogP contribution < -0.4 is 5.73 Å². The van der Waals surface area contributed by atoms with Crippen molar-refractivity contribution in [3.63, 3.8) is 0 Å². The monoisotopic (exact) mass is 348 g/mol. The molecule has 1 aromatic carbocycles. The standard InChI is InChI=1S/C12H16N2O4S3/c13-12(19)11-4-2-1-3-10(11)9-21(17,18)14-5-7-20(15,16)8-6-14/h1-4H,5-9H2,(H2,13,19). The Kier molecular flexibility index (Phi) is 4.66. The van der Waals surface area contributed by atoms with Crippen LogP contribution in [0.2, 0.25) is 0 Å². The lowest BCUT2D eigenvalue weighted by molar-refractivity contribution is 0.430. The number of benzene rings is 1. The highest BCUT2D eigenvalue weighted by Crippen LogP contribution is 2.17. The average molecular weight is 348 g/mol. The van der Waals surface area contributed by atoms with Crippen molar-refractivity contribution in [2.45, 2.75) is 5.75 Å². The van der Waals surface area contributed by atoms with Gasteiger partial charge in [-0.3, -0.25) is 0 Å². The van der Waals surface area contributed by atoms with Crippen LogP contribution in [-0.2, 0) is 25.6 Å². The van der Waals surface area contributed by atoms with Gasteiger partial charge in [0, 0.05) is 18.7 Å². The lowest BCUT2D eigenvalue weighted by Gasteiger charge is -2.26. The molecule has 2 rings (SSSR count). The van der Waals surface area contributed by atoms with E-state index in [1.54, 1.807) is 24.3 Å². The Bertz CT molecular complexity index is 742. The van der Waals surface area contributed by atoms with Crippen LogP contribution in [0.25, 0.3) is 0 Å². The van der Waals surface area contributed by atoms with Crippen molar-refractivity contribution in [3.8, 4) is 0 Å². The van der Waals surface area contributed by atoms with E-state index in [2.05, 4.69) is 0 Å². The Morgan fingerprint density at radius 1 is 1.24 bits per heavy atom. The molecule has 0 aliphatic carbocycles. The second kappa shape index (κ2) is 5.99. The minimum absolute atomic E-state index is 0.0000942. The maximum Gasteiger partial charge on any atom is 0.218 e. The molecule has 0 aromatic heterocycles. The van der Waals surface area contributed by atoms with E-state index >= 15 is 0 Å². The second-order valence-corrected chi connectivity index (χ2v) is 9.54. The fraction of sp³-hybridized carbons (Fsp3) is 0.417. The van der Waals surface area contributed by atoms with E-state index < -0.39 is 19.9 Å². The maximum atomic E-state index is 12.4. The van der Waals surface area contributed by atoms with Gasteiger partial charge < -0.3 is 5.73 Å². The summed E-state index contributed by atoms with van der Waals surface area (Å²) in [6, 6.07) is 6.78. The summed E-state index contributed by atoms with van der Waals surface area (Å²) in [6.07, 6.45) is 0. The fourth-order valence-electron chi connectivity index (χ4n) is 2.15. The predicted octanol–water partition coefficient (Wildman–Crippen LogP) is -0.119. The molecule has 1 aliphatic rings. The third-order valence-electron chi connectivity index (χ3n) is 3.32. The SMILES string of the molecule is NC(=S)c1ccccc1CS(=O)(=O)N1CCS(=O)(=O)CC1. The van der Waals surface area contributed by atoms with Crippen molar-refractivity contribution in [1.82, 2.24) is 4.31 Å². The molecule has 2 N–H and O–H groups in total. The Morgan fingerprint density at radius 3 is 2.38 bits per heavy atom. The van der Waals surface area contributed by atoms with Gasteiger partial charge >= 0.3 is 0 Å². The number of sulfone groups is 1. The Hall–Kier alpha value is -1.03. The molecule has 0 atom stereocenters. The molecule has 9 heteroatoms. The first-order valence-electron chi connectivity index (χ1n) is 6.27. The summed E-state index contributed by atoms with van der Waals surface area (Å²) in [5, 5.41) is 0. The number of thiocarbonyl (C=S) groups is 1. The molecular formula is C12H16N2O4S3. The molecule has 6 nitrogen and oxygen atoms in total. The van der Waals surface area contributed by atoms with Crippen LogP contribution >= 0.6 is 12.2 Å². The molecule has 1 fully saturated rings. The first-order valence-corrected chi connectivity index (χ1v) is 10.1. The minimum atomic E-state index is -3.59. The summed E-state index contributed by atoms with van der Waals surface area (Å²) < 4.78 is 48.7. The van der Waals surface area contributed by atoms with Crippen LogP contribution in [0.4, 0.5) is 0 Å². The maximum absolute atomic E-state index is 12.4. The van der Waals surface area contributed by atoms with Crippen molar-refractivity contribution in [2.75, 3.05) is 24.6 Å². The van der Waals surface area contributed by atoms with Crippen LogP contribution in [-0.4, -0.2) is 50.7 Å². The molecule has 116 valence electrons. The lowest BCUT2D eigenvalue weighted by Crippen LogP contribution is -2.44. The highest BCUT2D eigenvalue weighted by molar-refractivity contribution is 7.92. The third-order valence-corrected chi connectivity index (χ3v) is 6.97. The molecule has 1 saturated heterocycles. The van der Waals surface area contributed by atoms with E-state index in [1.165, 1.54) is 4.31 Å². The molecule has 21 heavy (non-hydrogen) atoms. The first-order chi connectivity index (χ1) is 9.71. The van der Waals surface area contributed by atoms with Crippen molar-refractivity contribution in [1.29, 1.82) is 0 Å². The summed E-state index contributed by atoms with van der Waals surface area (Å²) >= 11 is 4.92. The average Bonchev–Trinajstić information content (AvgIpc) is 2.38. The number of nitrogens with zero attached hydrogens (tertiary/aromatic N) is 1. The highest BCUT2D eigenvalue weighted by Gasteiger charge is 2.30. The highest BCUT2D eigenvalue weighted by atomic mass is 32.2. The molecule has 0 amide bonds. The molecule has 0 saturated carbocycles. The molecule has 1 aliphatic heterocycles. The molecular weight excluding hydrogens is 332 g/mol. The summed E-state index contributed by atoms with van der Waals surface area (Å²) in [5.74, 6) is -0.507. The van der Waals surface area contributed by atoms with Crippen LogP contribution in [0.15, 0.2) is 24.3 Å². The molecule has 0 bridgehead atoms. The predicted molar refractivity (Wildman–Crippen MR) is 85.2 cm³/mol. The summed E-state index contributed by atoms with van der Waals surface area (Å²) in [7, 11) is -6.71. The van der Waals surface area contributed by atoms with E-state index in [-0.39, 0.29) is 35.3 Å². The van der Waals surface area contributed by atoms with E-state index in [0.29, 0.717) is 11.1 Å². The van der Waals surface area contributed by atoms with Gasteiger partial charge in [-0.2, -0.15) is 4.31 Å². The van der Waals surface area contributed by atoms with Crippen molar-refractivity contribution in [2.24, 2.45) is 5.73 Å². The van der Waals surface area contributed by atoms with Gasteiger partial charge in [0.2, 0.25) is 10.0 Å². The number of hydrogen-bond acceptors (Lipinski definition) is 5. The molecule has 0 spiro atoms. The van der Waals surface area contributed by atoms with Gasteiger partial charge in [-0.05, 0) is 5.56 Å². The van der Waals surface area contributed by atoms with Gasteiger partial charge in [0.1, 0.15) is 4.99 Å². The largest absolute Gasteiger partial charge is 0.389 e. The zero-order chi connectivity index (χ0) is 15.7. The number of nitrogens with two attached hydrogens (primary N) is 1. The Labute approximate surface area is 129 Å². The van der Waals surface area contributed by atoms with Crippen LogP contribution in [0.5, 0.6) is 0 Å². The smallest absolute Gasteiger partial charge is 0.218 e. The Morgan fingerprint density at radius 2 is 1.81 bits per heavy atom. The summed E-state index contributed by atoms with van der Waals surface area (Å²) in [4.78, 5) is 0.141. The van der Waals surface area contributed by atoms with Crippen LogP contribution in [0.1, 0.15) is 11.1 Å². The van der Waals surface area contributed by atoms with E-state index in [4.69, 9.17) is 18.0 Å². The van der Waals surface area contributed by atoms with Crippen molar-refractivity contribution >= 4 is 37.1 Å². The molecule has 1 aromatic rings. The quantitative estimate of drug-likeness (QED) is 0.762. The topological polar surface area (TPSA) is 97.5 Å². The first kappa shape index (κ1) is 16.3.